The zero-order chi connectivity index (χ0) is 11.5. The Balaban J connectivity index is 2.74. The van der Waals surface area contributed by atoms with Gasteiger partial charge < -0.3 is 4.90 Å². The van der Waals surface area contributed by atoms with Crippen molar-refractivity contribution < 1.29 is 4.79 Å². The molecular weight excluding hydrogens is 188 g/mol. The fourth-order valence-corrected chi connectivity index (χ4v) is 2.19. The Morgan fingerprint density at radius 3 is 2.40 bits per heavy atom. The highest BCUT2D eigenvalue weighted by Gasteiger charge is 2.35. The first-order valence-electron chi connectivity index (χ1n) is 5.75. The standard InChI is InChI=1S/C12H20N2O/c1-4-14(10-7-5-6-8-10)11(15)12(2,3)9-13/h10H,4-8H2,1-3H3. The fraction of sp³-hybridized carbons (Fsp3) is 0.833. The summed E-state index contributed by atoms with van der Waals surface area (Å²) in [4.78, 5) is 14.0. The molecule has 0 aromatic rings. The third kappa shape index (κ3) is 2.50. The summed E-state index contributed by atoms with van der Waals surface area (Å²) < 4.78 is 0. The second-order valence-corrected chi connectivity index (χ2v) is 4.77. The van der Waals surface area contributed by atoms with Crippen LogP contribution in [0.1, 0.15) is 46.5 Å². The SMILES string of the molecule is CCN(C(=O)C(C)(C)C#N)C1CCCC1. The molecule has 3 nitrogen and oxygen atoms in total. The number of carbonyl (C=O) groups is 1. The molecule has 84 valence electrons. The lowest BCUT2D eigenvalue weighted by Crippen LogP contribution is -2.45. The van der Waals surface area contributed by atoms with Gasteiger partial charge in [-0.15, -0.1) is 0 Å². The van der Waals surface area contributed by atoms with Gasteiger partial charge in [0.05, 0.1) is 6.07 Å². The van der Waals surface area contributed by atoms with E-state index in [1.54, 1.807) is 13.8 Å². The zero-order valence-corrected chi connectivity index (χ0v) is 9.92. The lowest BCUT2D eigenvalue weighted by Gasteiger charge is -2.32. The first-order valence-corrected chi connectivity index (χ1v) is 5.75. The van der Waals surface area contributed by atoms with Crippen LogP contribution in [-0.4, -0.2) is 23.4 Å². The Morgan fingerprint density at radius 1 is 1.47 bits per heavy atom. The van der Waals surface area contributed by atoms with Crippen molar-refractivity contribution in [1.29, 1.82) is 5.26 Å². The smallest absolute Gasteiger partial charge is 0.242 e. The van der Waals surface area contributed by atoms with Crippen LogP contribution >= 0.6 is 0 Å². The molecule has 1 aliphatic rings. The molecule has 0 spiro atoms. The first-order chi connectivity index (χ1) is 7.03. The first kappa shape index (κ1) is 12.0. The molecule has 0 radical (unpaired) electrons. The summed E-state index contributed by atoms with van der Waals surface area (Å²) in [6.07, 6.45) is 4.62. The molecule has 0 aromatic heterocycles. The maximum atomic E-state index is 12.1. The summed E-state index contributed by atoms with van der Waals surface area (Å²) in [6.45, 7) is 6.11. The Labute approximate surface area is 92.1 Å². The minimum absolute atomic E-state index is 0.0144. The maximum absolute atomic E-state index is 12.1. The average molecular weight is 208 g/mol. The molecular formula is C12H20N2O. The van der Waals surface area contributed by atoms with Gasteiger partial charge in [0, 0.05) is 12.6 Å². The fourth-order valence-electron chi connectivity index (χ4n) is 2.19. The Kier molecular flexibility index (Phi) is 3.73. The number of amides is 1. The molecule has 0 aromatic carbocycles. The van der Waals surface area contributed by atoms with Gasteiger partial charge in [0.2, 0.25) is 5.91 Å². The number of hydrogen-bond acceptors (Lipinski definition) is 2. The molecule has 1 fully saturated rings. The third-order valence-corrected chi connectivity index (χ3v) is 3.18. The van der Waals surface area contributed by atoms with Gasteiger partial charge in [-0.1, -0.05) is 12.8 Å². The summed E-state index contributed by atoms with van der Waals surface area (Å²) >= 11 is 0. The van der Waals surface area contributed by atoms with Gasteiger partial charge in [-0.2, -0.15) is 5.26 Å². The summed E-state index contributed by atoms with van der Waals surface area (Å²) in [5, 5.41) is 8.95. The van der Waals surface area contributed by atoms with Crippen LogP contribution in [0, 0.1) is 16.7 Å². The van der Waals surface area contributed by atoms with Crippen LogP contribution in [0.25, 0.3) is 0 Å². The van der Waals surface area contributed by atoms with Crippen LogP contribution in [0.3, 0.4) is 0 Å². The molecule has 0 saturated heterocycles. The number of nitriles is 1. The normalized spacial score (nSPS) is 17.5. The molecule has 1 amide bonds. The van der Waals surface area contributed by atoms with Crippen LogP contribution < -0.4 is 0 Å². The summed E-state index contributed by atoms with van der Waals surface area (Å²) in [5.74, 6) is -0.0144. The predicted octanol–water partition coefficient (Wildman–Crippen LogP) is 2.33. The van der Waals surface area contributed by atoms with Crippen LogP contribution in [0.15, 0.2) is 0 Å². The molecule has 1 rings (SSSR count). The summed E-state index contributed by atoms with van der Waals surface area (Å²) in [5.41, 5.74) is -0.876. The maximum Gasteiger partial charge on any atom is 0.242 e. The van der Waals surface area contributed by atoms with Crippen molar-refractivity contribution >= 4 is 5.91 Å². The topological polar surface area (TPSA) is 44.1 Å². The molecule has 1 aliphatic carbocycles. The molecule has 0 N–H and O–H groups in total. The van der Waals surface area contributed by atoms with Crippen molar-refractivity contribution in [2.75, 3.05) is 6.54 Å². The predicted molar refractivity (Wildman–Crippen MR) is 59.0 cm³/mol. The van der Waals surface area contributed by atoms with Gasteiger partial charge in [-0.05, 0) is 33.6 Å². The Bertz CT molecular complexity index is 272. The van der Waals surface area contributed by atoms with E-state index in [0.29, 0.717) is 12.6 Å². The van der Waals surface area contributed by atoms with E-state index in [-0.39, 0.29) is 5.91 Å². The van der Waals surface area contributed by atoms with Crippen molar-refractivity contribution in [3.8, 4) is 6.07 Å². The average Bonchev–Trinajstić information content (AvgIpc) is 2.72. The van der Waals surface area contributed by atoms with Gasteiger partial charge >= 0.3 is 0 Å². The Hall–Kier alpha value is -1.04. The van der Waals surface area contributed by atoms with Crippen LogP contribution in [0.4, 0.5) is 0 Å². The lowest BCUT2D eigenvalue weighted by molar-refractivity contribution is -0.139. The van der Waals surface area contributed by atoms with Crippen molar-refractivity contribution in [3.05, 3.63) is 0 Å². The van der Waals surface area contributed by atoms with E-state index in [9.17, 15) is 4.79 Å². The highest BCUT2D eigenvalue weighted by atomic mass is 16.2. The molecule has 0 atom stereocenters. The lowest BCUT2D eigenvalue weighted by atomic mass is 9.93. The van der Waals surface area contributed by atoms with Gasteiger partial charge in [0.1, 0.15) is 5.41 Å². The van der Waals surface area contributed by atoms with Gasteiger partial charge in [0.25, 0.3) is 0 Å². The number of carbonyl (C=O) groups excluding carboxylic acids is 1. The molecule has 0 heterocycles. The zero-order valence-electron chi connectivity index (χ0n) is 9.92. The molecule has 0 unspecified atom stereocenters. The summed E-state index contributed by atoms with van der Waals surface area (Å²) in [7, 11) is 0. The van der Waals surface area contributed by atoms with Gasteiger partial charge in [-0.3, -0.25) is 4.79 Å². The van der Waals surface area contributed by atoms with Crippen molar-refractivity contribution in [3.63, 3.8) is 0 Å². The van der Waals surface area contributed by atoms with Crippen LogP contribution in [0.5, 0.6) is 0 Å². The number of rotatable bonds is 3. The molecule has 15 heavy (non-hydrogen) atoms. The van der Waals surface area contributed by atoms with Crippen molar-refractivity contribution in [1.82, 2.24) is 4.90 Å². The second kappa shape index (κ2) is 4.65. The minimum atomic E-state index is -0.876. The quantitative estimate of drug-likeness (QED) is 0.714. The molecule has 1 saturated carbocycles. The van der Waals surface area contributed by atoms with Crippen molar-refractivity contribution in [2.45, 2.75) is 52.5 Å². The van der Waals surface area contributed by atoms with Gasteiger partial charge in [-0.25, -0.2) is 0 Å². The molecule has 3 heteroatoms. The highest BCUT2D eigenvalue weighted by Crippen LogP contribution is 2.27. The van der Waals surface area contributed by atoms with E-state index in [4.69, 9.17) is 5.26 Å². The van der Waals surface area contributed by atoms with E-state index in [1.165, 1.54) is 12.8 Å². The molecule has 0 aliphatic heterocycles. The van der Waals surface area contributed by atoms with E-state index < -0.39 is 5.41 Å². The minimum Gasteiger partial charge on any atom is -0.339 e. The van der Waals surface area contributed by atoms with E-state index >= 15 is 0 Å². The van der Waals surface area contributed by atoms with Gasteiger partial charge in [0.15, 0.2) is 0 Å². The number of nitrogens with zero attached hydrogens (tertiary/aromatic N) is 2. The monoisotopic (exact) mass is 208 g/mol. The van der Waals surface area contributed by atoms with Crippen LogP contribution in [0.2, 0.25) is 0 Å². The second-order valence-electron chi connectivity index (χ2n) is 4.77. The third-order valence-electron chi connectivity index (χ3n) is 3.18. The van der Waals surface area contributed by atoms with E-state index in [1.807, 2.05) is 11.8 Å². The van der Waals surface area contributed by atoms with Crippen LogP contribution in [-0.2, 0) is 4.79 Å². The summed E-state index contributed by atoms with van der Waals surface area (Å²) in [6, 6.07) is 2.46. The largest absolute Gasteiger partial charge is 0.339 e. The van der Waals surface area contributed by atoms with Crippen molar-refractivity contribution in [2.24, 2.45) is 5.41 Å². The highest BCUT2D eigenvalue weighted by molar-refractivity contribution is 5.84. The van der Waals surface area contributed by atoms with E-state index in [0.717, 1.165) is 12.8 Å². The number of hydrogen-bond donors (Lipinski definition) is 0. The van der Waals surface area contributed by atoms with E-state index in [2.05, 4.69) is 6.07 Å². The molecule has 0 bridgehead atoms. The Morgan fingerprint density at radius 2 is 2.00 bits per heavy atom.